The molecule has 2 N–H and O–H groups in total. The number of aliphatic hydroxyl groups excluding tert-OH is 1. The first-order valence-corrected chi connectivity index (χ1v) is 6.83. The zero-order chi connectivity index (χ0) is 14.7. The standard InChI is InChI=1S/C16H16N4O/c1-11(21)9-18-16-13-6-2-3-7-14(13)19-15(20-16)12-5-4-8-17-10-12/h2-8,10-11,21H,9H2,1H3,(H,18,19,20)/t11-/m0/s1. The SMILES string of the molecule is C[C@H](O)CNc1nc(-c2cccnc2)nc2ccccc12. The summed E-state index contributed by atoms with van der Waals surface area (Å²) < 4.78 is 0. The van der Waals surface area contributed by atoms with Gasteiger partial charge >= 0.3 is 0 Å². The van der Waals surface area contributed by atoms with Gasteiger partial charge in [-0.15, -0.1) is 0 Å². The lowest BCUT2D eigenvalue weighted by Crippen LogP contribution is -2.16. The van der Waals surface area contributed by atoms with Gasteiger partial charge in [0.15, 0.2) is 5.82 Å². The molecule has 0 aliphatic heterocycles. The Morgan fingerprint density at radius 1 is 1.14 bits per heavy atom. The summed E-state index contributed by atoms with van der Waals surface area (Å²) in [4.78, 5) is 13.3. The van der Waals surface area contributed by atoms with Gasteiger partial charge in [0, 0.05) is 29.9 Å². The number of aliphatic hydroxyl groups is 1. The quantitative estimate of drug-likeness (QED) is 0.768. The summed E-state index contributed by atoms with van der Waals surface area (Å²) in [5.41, 5.74) is 1.72. The number of nitrogens with zero attached hydrogens (tertiary/aromatic N) is 3. The van der Waals surface area contributed by atoms with Gasteiger partial charge in [-0.3, -0.25) is 4.98 Å². The van der Waals surface area contributed by atoms with Crippen LogP contribution in [0.15, 0.2) is 48.8 Å². The zero-order valence-corrected chi connectivity index (χ0v) is 11.7. The fourth-order valence-corrected chi connectivity index (χ4v) is 2.08. The van der Waals surface area contributed by atoms with Gasteiger partial charge in [0.25, 0.3) is 0 Å². The van der Waals surface area contributed by atoms with E-state index in [-0.39, 0.29) is 0 Å². The van der Waals surface area contributed by atoms with Gasteiger partial charge in [0.05, 0.1) is 11.6 Å². The second-order valence-electron chi connectivity index (χ2n) is 4.88. The largest absolute Gasteiger partial charge is 0.392 e. The highest BCUT2D eigenvalue weighted by atomic mass is 16.3. The van der Waals surface area contributed by atoms with Crippen molar-refractivity contribution in [1.82, 2.24) is 15.0 Å². The summed E-state index contributed by atoms with van der Waals surface area (Å²) >= 11 is 0. The van der Waals surface area contributed by atoms with Crippen molar-refractivity contribution < 1.29 is 5.11 Å². The summed E-state index contributed by atoms with van der Waals surface area (Å²) in [5, 5.41) is 13.6. The highest BCUT2D eigenvalue weighted by Crippen LogP contribution is 2.24. The Morgan fingerprint density at radius 3 is 2.76 bits per heavy atom. The molecule has 3 rings (SSSR count). The van der Waals surface area contributed by atoms with Gasteiger partial charge in [0.1, 0.15) is 5.82 Å². The maximum atomic E-state index is 9.46. The van der Waals surface area contributed by atoms with Crippen LogP contribution in [0, 0.1) is 0 Å². The Bertz CT molecular complexity index is 744. The molecule has 21 heavy (non-hydrogen) atoms. The Hall–Kier alpha value is -2.53. The van der Waals surface area contributed by atoms with Crippen LogP contribution in [0.25, 0.3) is 22.3 Å². The molecule has 0 amide bonds. The fourth-order valence-electron chi connectivity index (χ4n) is 2.08. The molecule has 0 aliphatic carbocycles. The number of anilines is 1. The lowest BCUT2D eigenvalue weighted by atomic mass is 10.2. The second-order valence-corrected chi connectivity index (χ2v) is 4.88. The van der Waals surface area contributed by atoms with Crippen molar-refractivity contribution in [2.75, 3.05) is 11.9 Å². The van der Waals surface area contributed by atoms with Crippen LogP contribution >= 0.6 is 0 Å². The summed E-state index contributed by atoms with van der Waals surface area (Å²) in [6, 6.07) is 11.6. The third kappa shape index (κ3) is 2.98. The number of rotatable bonds is 4. The minimum Gasteiger partial charge on any atom is -0.392 e. The maximum Gasteiger partial charge on any atom is 0.163 e. The molecule has 2 heterocycles. The van der Waals surface area contributed by atoms with Crippen LogP contribution in [0.5, 0.6) is 0 Å². The van der Waals surface area contributed by atoms with E-state index in [0.717, 1.165) is 22.3 Å². The third-order valence-corrected chi connectivity index (χ3v) is 3.09. The van der Waals surface area contributed by atoms with Crippen LogP contribution in [-0.4, -0.2) is 32.7 Å². The molecule has 5 nitrogen and oxygen atoms in total. The molecule has 0 bridgehead atoms. The summed E-state index contributed by atoms with van der Waals surface area (Å²) in [6.07, 6.45) is 3.01. The number of pyridine rings is 1. The van der Waals surface area contributed by atoms with Crippen molar-refractivity contribution in [3.05, 3.63) is 48.8 Å². The van der Waals surface area contributed by atoms with Crippen molar-refractivity contribution in [1.29, 1.82) is 0 Å². The van der Waals surface area contributed by atoms with Crippen LogP contribution in [0.3, 0.4) is 0 Å². The first kappa shape index (κ1) is 13.5. The number of aromatic nitrogens is 3. The van der Waals surface area contributed by atoms with Crippen LogP contribution in [0.4, 0.5) is 5.82 Å². The first-order valence-electron chi connectivity index (χ1n) is 6.83. The van der Waals surface area contributed by atoms with Gasteiger partial charge in [-0.05, 0) is 31.2 Å². The normalized spacial score (nSPS) is 12.3. The van der Waals surface area contributed by atoms with E-state index in [1.165, 1.54) is 0 Å². The third-order valence-electron chi connectivity index (χ3n) is 3.09. The molecular formula is C16H16N4O. The molecule has 0 unspecified atom stereocenters. The molecule has 106 valence electrons. The minimum absolute atomic E-state index is 0.438. The Morgan fingerprint density at radius 2 is 2.00 bits per heavy atom. The smallest absolute Gasteiger partial charge is 0.163 e. The molecule has 2 aromatic heterocycles. The van der Waals surface area contributed by atoms with Gasteiger partial charge in [-0.2, -0.15) is 0 Å². The molecule has 5 heteroatoms. The first-order chi connectivity index (χ1) is 10.2. The van der Waals surface area contributed by atoms with Crippen LogP contribution in [0.2, 0.25) is 0 Å². The average molecular weight is 280 g/mol. The number of hydrogen-bond donors (Lipinski definition) is 2. The van der Waals surface area contributed by atoms with E-state index in [9.17, 15) is 5.11 Å². The van der Waals surface area contributed by atoms with Gasteiger partial charge in [-0.1, -0.05) is 12.1 Å². The van der Waals surface area contributed by atoms with E-state index < -0.39 is 6.10 Å². The highest BCUT2D eigenvalue weighted by molar-refractivity contribution is 5.90. The molecule has 1 aromatic carbocycles. The van der Waals surface area contributed by atoms with E-state index in [0.29, 0.717) is 12.4 Å². The van der Waals surface area contributed by atoms with Crippen LogP contribution in [0.1, 0.15) is 6.92 Å². The molecule has 0 aliphatic rings. The maximum absolute atomic E-state index is 9.46. The van der Waals surface area contributed by atoms with Gasteiger partial charge in [-0.25, -0.2) is 9.97 Å². The Labute approximate surface area is 122 Å². The number of nitrogens with one attached hydrogen (secondary N) is 1. The van der Waals surface area contributed by atoms with Gasteiger partial charge in [0.2, 0.25) is 0 Å². The molecule has 0 spiro atoms. The van der Waals surface area contributed by atoms with E-state index in [1.807, 2.05) is 36.4 Å². The Kier molecular flexibility index (Phi) is 3.75. The number of fused-ring (bicyclic) bond motifs is 1. The average Bonchev–Trinajstić information content (AvgIpc) is 2.53. The van der Waals surface area contributed by atoms with E-state index in [2.05, 4.69) is 20.3 Å². The van der Waals surface area contributed by atoms with Crippen molar-refractivity contribution in [3.8, 4) is 11.4 Å². The van der Waals surface area contributed by atoms with Crippen molar-refractivity contribution in [2.24, 2.45) is 0 Å². The summed E-state index contributed by atoms with van der Waals surface area (Å²) in [6.45, 7) is 2.17. The van der Waals surface area contributed by atoms with Crippen molar-refractivity contribution in [2.45, 2.75) is 13.0 Å². The Balaban J connectivity index is 2.10. The molecule has 0 fully saturated rings. The predicted octanol–water partition coefficient (Wildman–Crippen LogP) is 2.48. The summed E-state index contributed by atoms with van der Waals surface area (Å²) in [7, 11) is 0. The number of para-hydroxylation sites is 1. The monoisotopic (exact) mass is 280 g/mol. The zero-order valence-electron chi connectivity index (χ0n) is 11.7. The predicted molar refractivity (Wildman–Crippen MR) is 82.9 cm³/mol. The van der Waals surface area contributed by atoms with Crippen LogP contribution < -0.4 is 5.32 Å². The molecule has 0 saturated heterocycles. The van der Waals surface area contributed by atoms with Gasteiger partial charge < -0.3 is 10.4 Å². The topological polar surface area (TPSA) is 70.9 Å². The molecule has 1 atom stereocenters. The van der Waals surface area contributed by atoms with Crippen molar-refractivity contribution in [3.63, 3.8) is 0 Å². The fraction of sp³-hybridized carbons (Fsp3) is 0.188. The molecule has 3 aromatic rings. The lowest BCUT2D eigenvalue weighted by Gasteiger charge is -2.12. The highest BCUT2D eigenvalue weighted by Gasteiger charge is 2.09. The molecule has 0 radical (unpaired) electrons. The molecular weight excluding hydrogens is 264 g/mol. The van der Waals surface area contributed by atoms with E-state index in [1.54, 1.807) is 19.3 Å². The van der Waals surface area contributed by atoms with E-state index in [4.69, 9.17) is 0 Å². The number of hydrogen-bond acceptors (Lipinski definition) is 5. The van der Waals surface area contributed by atoms with Crippen LogP contribution in [-0.2, 0) is 0 Å². The van der Waals surface area contributed by atoms with E-state index >= 15 is 0 Å². The van der Waals surface area contributed by atoms with Crippen molar-refractivity contribution >= 4 is 16.7 Å². The summed E-state index contributed by atoms with van der Waals surface area (Å²) in [5.74, 6) is 1.34. The molecule has 0 saturated carbocycles. The second kappa shape index (κ2) is 5.85. The number of benzene rings is 1. The minimum atomic E-state index is -0.444. The lowest BCUT2D eigenvalue weighted by molar-refractivity contribution is 0.208.